The van der Waals surface area contributed by atoms with Crippen LogP contribution in [-0.4, -0.2) is 42.3 Å². The van der Waals surface area contributed by atoms with Crippen molar-refractivity contribution in [3.63, 3.8) is 0 Å². The van der Waals surface area contributed by atoms with Crippen molar-refractivity contribution in [2.45, 2.75) is 32.4 Å². The molecule has 0 saturated carbocycles. The van der Waals surface area contributed by atoms with Gasteiger partial charge in [-0.15, -0.1) is 0 Å². The third kappa shape index (κ3) is 3.57. The Balaban J connectivity index is 2.01. The number of carbonyl (C=O) groups is 2. The monoisotopic (exact) mass is 277 g/mol. The van der Waals surface area contributed by atoms with E-state index in [1.807, 2.05) is 44.2 Å². The van der Waals surface area contributed by atoms with E-state index in [9.17, 15) is 9.59 Å². The second-order valence-electron chi connectivity index (χ2n) is 5.04. The molecule has 0 spiro atoms. The molecule has 1 aliphatic rings. The van der Waals surface area contributed by atoms with Crippen molar-refractivity contribution in [3.05, 3.63) is 35.9 Å². The molecule has 2 amide bonds. The number of amides is 2. The molecule has 5 nitrogen and oxygen atoms in total. The summed E-state index contributed by atoms with van der Waals surface area (Å²) in [7, 11) is 0. The number of rotatable bonds is 5. The Hall–Kier alpha value is -1.88. The van der Waals surface area contributed by atoms with Gasteiger partial charge in [0.25, 0.3) is 5.91 Å². The van der Waals surface area contributed by atoms with Crippen LogP contribution >= 0.6 is 0 Å². The van der Waals surface area contributed by atoms with Gasteiger partial charge in [0.15, 0.2) is 0 Å². The maximum atomic E-state index is 12.1. The molecule has 1 atom stereocenters. The molecule has 1 saturated heterocycles. The second kappa shape index (κ2) is 6.52. The summed E-state index contributed by atoms with van der Waals surface area (Å²) in [6.45, 7) is 3.83. The Morgan fingerprint density at radius 1 is 1.40 bits per heavy atom. The van der Waals surface area contributed by atoms with Crippen molar-refractivity contribution in [1.82, 2.24) is 4.90 Å². The van der Waals surface area contributed by atoms with Crippen molar-refractivity contribution in [2.75, 3.05) is 13.2 Å². The maximum Gasteiger partial charge on any atom is 0.417 e. The van der Waals surface area contributed by atoms with E-state index < -0.39 is 6.09 Å². The highest BCUT2D eigenvalue weighted by atomic mass is 16.6. The number of cyclic esters (lactones) is 1. The maximum absolute atomic E-state index is 12.1. The van der Waals surface area contributed by atoms with Crippen LogP contribution in [0, 0.1) is 0 Å². The third-order valence-electron chi connectivity index (χ3n) is 3.08. The number of carbonyl (C=O) groups excluding carboxylic acids is 2. The lowest BCUT2D eigenvalue weighted by Crippen LogP contribution is -2.42. The van der Waals surface area contributed by atoms with Gasteiger partial charge < -0.3 is 9.47 Å². The summed E-state index contributed by atoms with van der Waals surface area (Å²) in [4.78, 5) is 24.9. The fourth-order valence-electron chi connectivity index (χ4n) is 2.11. The smallest absolute Gasteiger partial charge is 0.417 e. The van der Waals surface area contributed by atoms with Crippen molar-refractivity contribution in [3.8, 4) is 0 Å². The van der Waals surface area contributed by atoms with E-state index >= 15 is 0 Å². The van der Waals surface area contributed by atoms with Gasteiger partial charge in [-0.1, -0.05) is 30.3 Å². The highest BCUT2D eigenvalue weighted by molar-refractivity contribution is 5.94. The summed E-state index contributed by atoms with van der Waals surface area (Å²) in [6.07, 6.45) is -0.0339. The standard InChI is InChI=1S/C15H19NO4/c1-11(2)19-10-14(17)16-13(9-20-15(16)18)8-12-6-4-3-5-7-12/h3-7,11,13H,8-10H2,1-2H3/t13-/m0/s1. The van der Waals surface area contributed by atoms with E-state index in [2.05, 4.69) is 0 Å². The molecule has 20 heavy (non-hydrogen) atoms. The van der Waals surface area contributed by atoms with Crippen LogP contribution in [0.1, 0.15) is 19.4 Å². The van der Waals surface area contributed by atoms with Crippen LogP contribution in [0.4, 0.5) is 4.79 Å². The molecule has 0 aromatic heterocycles. The summed E-state index contributed by atoms with van der Waals surface area (Å²) >= 11 is 0. The average Bonchev–Trinajstić information content (AvgIpc) is 2.78. The first-order valence-corrected chi connectivity index (χ1v) is 6.72. The molecular weight excluding hydrogens is 258 g/mol. The van der Waals surface area contributed by atoms with Crippen LogP contribution in [0.25, 0.3) is 0 Å². The first-order chi connectivity index (χ1) is 9.58. The summed E-state index contributed by atoms with van der Waals surface area (Å²) in [5, 5.41) is 0. The topological polar surface area (TPSA) is 55.8 Å². The number of imide groups is 1. The van der Waals surface area contributed by atoms with E-state index in [0.717, 1.165) is 5.56 Å². The Morgan fingerprint density at radius 2 is 2.10 bits per heavy atom. The number of hydrogen-bond acceptors (Lipinski definition) is 4. The molecule has 1 aromatic rings. The molecule has 108 valence electrons. The molecule has 0 aliphatic carbocycles. The zero-order valence-electron chi connectivity index (χ0n) is 11.7. The van der Waals surface area contributed by atoms with Crippen LogP contribution < -0.4 is 0 Å². The van der Waals surface area contributed by atoms with Crippen molar-refractivity contribution in [2.24, 2.45) is 0 Å². The lowest BCUT2D eigenvalue weighted by Gasteiger charge is -2.20. The van der Waals surface area contributed by atoms with Crippen LogP contribution in [0.3, 0.4) is 0 Å². The van der Waals surface area contributed by atoms with E-state index in [-0.39, 0.29) is 31.3 Å². The lowest BCUT2D eigenvalue weighted by atomic mass is 10.1. The number of hydrogen-bond donors (Lipinski definition) is 0. The van der Waals surface area contributed by atoms with Crippen LogP contribution in [-0.2, 0) is 20.7 Å². The SMILES string of the molecule is CC(C)OCC(=O)N1C(=O)OC[C@@H]1Cc1ccccc1. The summed E-state index contributed by atoms with van der Waals surface area (Å²) in [5.74, 6) is -0.345. The Labute approximate surface area is 118 Å². The minimum Gasteiger partial charge on any atom is -0.447 e. The molecule has 2 rings (SSSR count). The molecule has 0 radical (unpaired) electrons. The fraction of sp³-hybridized carbons (Fsp3) is 0.467. The van der Waals surface area contributed by atoms with Gasteiger partial charge in [0, 0.05) is 0 Å². The van der Waals surface area contributed by atoms with Crippen molar-refractivity contribution >= 4 is 12.0 Å². The number of nitrogens with zero attached hydrogens (tertiary/aromatic N) is 1. The highest BCUT2D eigenvalue weighted by Gasteiger charge is 2.37. The quantitative estimate of drug-likeness (QED) is 0.826. The summed E-state index contributed by atoms with van der Waals surface area (Å²) in [6, 6.07) is 9.47. The van der Waals surface area contributed by atoms with Gasteiger partial charge in [0.2, 0.25) is 0 Å². The Morgan fingerprint density at radius 3 is 2.75 bits per heavy atom. The number of benzene rings is 1. The molecule has 5 heteroatoms. The van der Waals surface area contributed by atoms with Crippen molar-refractivity contribution < 1.29 is 19.1 Å². The minimum absolute atomic E-state index is 0.0508. The van der Waals surface area contributed by atoms with E-state index in [1.54, 1.807) is 0 Å². The average molecular weight is 277 g/mol. The molecular formula is C15H19NO4. The van der Waals surface area contributed by atoms with Crippen LogP contribution in [0.2, 0.25) is 0 Å². The fourth-order valence-corrected chi connectivity index (χ4v) is 2.11. The van der Waals surface area contributed by atoms with Crippen molar-refractivity contribution in [1.29, 1.82) is 0 Å². The normalized spacial score (nSPS) is 18.4. The first kappa shape index (κ1) is 14.5. The molecule has 1 aliphatic heterocycles. The predicted octanol–water partition coefficient (Wildman–Crippen LogP) is 2.00. The van der Waals surface area contributed by atoms with Gasteiger partial charge in [-0.2, -0.15) is 0 Å². The van der Waals surface area contributed by atoms with Gasteiger partial charge in [0.05, 0.1) is 12.1 Å². The van der Waals surface area contributed by atoms with Crippen LogP contribution in [0.5, 0.6) is 0 Å². The highest BCUT2D eigenvalue weighted by Crippen LogP contribution is 2.17. The van der Waals surface area contributed by atoms with Gasteiger partial charge in [0.1, 0.15) is 13.2 Å². The van der Waals surface area contributed by atoms with E-state index in [0.29, 0.717) is 6.42 Å². The largest absolute Gasteiger partial charge is 0.447 e. The molecule has 0 unspecified atom stereocenters. The Kier molecular flexibility index (Phi) is 4.74. The minimum atomic E-state index is -0.580. The predicted molar refractivity (Wildman–Crippen MR) is 73.2 cm³/mol. The van der Waals surface area contributed by atoms with Gasteiger partial charge in [-0.05, 0) is 25.8 Å². The van der Waals surface area contributed by atoms with Gasteiger partial charge >= 0.3 is 6.09 Å². The number of ether oxygens (including phenoxy) is 2. The molecule has 0 bridgehead atoms. The Bertz CT molecular complexity index is 472. The molecule has 1 heterocycles. The zero-order chi connectivity index (χ0) is 14.5. The van der Waals surface area contributed by atoms with E-state index in [4.69, 9.17) is 9.47 Å². The molecule has 1 aromatic carbocycles. The zero-order valence-corrected chi connectivity index (χ0v) is 11.7. The first-order valence-electron chi connectivity index (χ1n) is 6.72. The second-order valence-corrected chi connectivity index (χ2v) is 5.04. The summed E-state index contributed by atoms with van der Waals surface area (Å²) < 4.78 is 10.3. The molecule has 0 N–H and O–H groups in total. The molecule has 1 fully saturated rings. The van der Waals surface area contributed by atoms with Gasteiger partial charge in [-0.3, -0.25) is 4.79 Å². The van der Waals surface area contributed by atoms with Crippen LogP contribution in [0.15, 0.2) is 30.3 Å². The third-order valence-corrected chi connectivity index (χ3v) is 3.08. The van der Waals surface area contributed by atoms with E-state index in [1.165, 1.54) is 4.90 Å². The van der Waals surface area contributed by atoms with Gasteiger partial charge in [-0.25, -0.2) is 9.69 Å². The summed E-state index contributed by atoms with van der Waals surface area (Å²) in [5.41, 5.74) is 1.07. The lowest BCUT2D eigenvalue weighted by molar-refractivity contribution is -0.135.